The number of nitrogens with zero attached hydrogens (tertiary/aromatic N) is 3. The zero-order chi connectivity index (χ0) is 23.3. The summed E-state index contributed by atoms with van der Waals surface area (Å²) in [5, 5.41) is 11.0. The molecule has 3 amide bonds. The zero-order valence-corrected chi connectivity index (χ0v) is 19.4. The van der Waals surface area contributed by atoms with E-state index in [1.807, 2.05) is 24.3 Å². The number of aromatic nitrogens is 1. The van der Waals surface area contributed by atoms with Crippen LogP contribution in [-0.2, 0) is 11.3 Å². The SMILES string of the molecule is Cc1ccc2nc(-c3ccc(N4C(=O)N(Cc5ccccc5O)C(C)(C)C4=O)cc3)sc2c1. The van der Waals surface area contributed by atoms with Gasteiger partial charge in [-0.25, -0.2) is 14.7 Å². The molecule has 4 aromatic rings. The molecule has 0 saturated carbocycles. The van der Waals surface area contributed by atoms with E-state index < -0.39 is 11.6 Å². The molecule has 0 spiro atoms. The van der Waals surface area contributed by atoms with Gasteiger partial charge in [0.05, 0.1) is 22.4 Å². The van der Waals surface area contributed by atoms with Crippen LogP contribution in [0.25, 0.3) is 20.8 Å². The van der Waals surface area contributed by atoms with Crippen LogP contribution < -0.4 is 4.90 Å². The number of aromatic hydroxyl groups is 1. The van der Waals surface area contributed by atoms with Crippen LogP contribution in [0.1, 0.15) is 25.0 Å². The number of hydrogen-bond acceptors (Lipinski definition) is 5. The molecule has 3 aromatic carbocycles. The minimum Gasteiger partial charge on any atom is -0.508 e. The number of hydrogen-bond donors (Lipinski definition) is 1. The molecule has 0 aliphatic carbocycles. The molecular weight excluding hydrogens is 434 g/mol. The molecule has 2 heterocycles. The number of amides is 3. The Balaban J connectivity index is 1.44. The predicted molar refractivity (Wildman–Crippen MR) is 130 cm³/mol. The van der Waals surface area contributed by atoms with Crippen LogP contribution in [0.3, 0.4) is 0 Å². The van der Waals surface area contributed by atoms with E-state index in [1.54, 1.807) is 61.6 Å². The maximum atomic E-state index is 13.3. The number of anilines is 1. The molecule has 0 radical (unpaired) electrons. The van der Waals surface area contributed by atoms with E-state index in [-0.39, 0.29) is 18.2 Å². The highest BCUT2D eigenvalue weighted by Gasteiger charge is 2.51. The topological polar surface area (TPSA) is 73.7 Å². The molecule has 0 unspecified atom stereocenters. The van der Waals surface area contributed by atoms with E-state index in [9.17, 15) is 14.7 Å². The average Bonchev–Trinajstić information content (AvgIpc) is 3.28. The first-order valence-electron chi connectivity index (χ1n) is 10.7. The van der Waals surface area contributed by atoms with Crippen LogP contribution >= 0.6 is 11.3 Å². The predicted octanol–water partition coefficient (Wildman–Crippen LogP) is 5.72. The second kappa shape index (κ2) is 7.71. The van der Waals surface area contributed by atoms with Gasteiger partial charge in [-0.2, -0.15) is 0 Å². The van der Waals surface area contributed by atoms with Gasteiger partial charge in [-0.1, -0.05) is 24.3 Å². The Kier molecular flexibility index (Phi) is 4.94. The van der Waals surface area contributed by atoms with Crippen LogP contribution in [0, 0.1) is 6.92 Å². The van der Waals surface area contributed by atoms with Gasteiger partial charge in [-0.05, 0) is 68.8 Å². The van der Waals surface area contributed by atoms with Gasteiger partial charge in [-0.3, -0.25) is 4.79 Å². The van der Waals surface area contributed by atoms with Crippen molar-refractivity contribution in [3.63, 3.8) is 0 Å². The molecule has 7 heteroatoms. The quantitative estimate of drug-likeness (QED) is 0.398. The Hall–Kier alpha value is -3.71. The van der Waals surface area contributed by atoms with E-state index in [0.717, 1.165) is 20.8 Å². The highest BCUT2D eigenvalue weighted by Crippen LogP contribution is 2.36. The van der Waals surface area contributed by atoms with Gasteiger partial charge >= 0.3 is 6.03 Å². The van der Waals surface area contributed by atoms with Gasteiger partial charge in [0, 0.05) is 11.1 Å². The summed E-state index contributed by atoms with van der Waals surface area (Å²) in [6.07, 6.45) is 0. The summed E-state index contributed by atoms with van der Waals surface area (Å²) in [5.41, 5.74) is 3.14. The van der Waals surface area contributed by atoms with E-state index in [4.69, 9.17) is 4.98 Å². The molecule has 1 fully saturated rings. The summed E-state index contributed by atoms with van der Waals surface area (Å²) in [5.74, 6) is -0.200. The third-order valence-electron chi connectivity index (χ3n) is 6.06. The van der Waals surface area contributed by atoms with E-state index in [1.165, 1.54) is 15.4 Å². The van der Waals surface area contributed by atoms with Crippen molar-refractivity contribution in [2.75, 3.05) is 4.90 Å². The van der Waals surface area contributed by atoms with Crippen molar-refractivity contribution in [3.05, 3.63) is 77.9 Å². The Bertz CT molecular complexity index is 1390. The van der Waals surface area contributed by atoms with E-state index in [0.29, 0.717) is 11.3 Å². The number of para-hydroxylation sites is 1. The zero-order valence-electron chi connectivity index (χ0n) is 18.6. The maximum Gasteiger partial charge on any atom is 0.332 e. The Morgan fingerprint density at radius 1 is 1.00 bits per heavy atom. The minimum absolute atomic E-state index is 0.0994. The van der Waals surface area contributed by atoms with Crippen molar-refractivity contribution >= 4 is 39.2 Å². The number of carbonyl (C=O) groups excluding carboxylic acids is 2. The lowest BCUT2D eigenvalue weighted by Crippen LogP contribution is -2.43. The molecule has 1 aromatic heterocycles. The van der Waals surface area contributed by atoms with Crippen molar-refractivity contribution in [1.82, 2.24) is 9.88 Å². The first-order chi connectivity index (χ1) is 15.8. The normalized spacial score (nSPS) is 15.6. The summed E-state index contributed by atoms with van der Waals surface area (Å²) in [7, 11) is 0. The van der Waals surface area contributed by atoms with Gasteiger partial charge in [0.25, 0.3) is 5.91 Å². The third-order valence-corrected chi connectivity index (χ3v) is 7.13. The number of phenolic OH excluding ortho intramolecular Hbond substituents is 1. The number of thiazole rings is 1. The van der Waals surface area contributed by atoms with Gasteiger partial charge in [0.1, 0.15) is 16.3 Å². The van der Waals surface area contributed by atoms with Crippen LogP contribution in [0.15, 0.2) is 66.7 Å². The lowest BCUT2D eigenvalue weighted by atomic mass is 10.0. The number of rotatable bonds is 4. The lowest BCUT2D eigenvalue weighted by Gasteiger charge is -2.27. The summed E-state index contributed by atoms with van der Waals surface area (Å²) in [6.45, 7) is 5.65. The fourth-order valence-electron chi connectivity index (χ4n) is 4.05. The van der Waals surface area contributed by atoms with Gasteiger partial charge in [0.15, 0.2) is 0 Å². The summed E-state index contributed by atoms with van der Waals surface area (Å²) in [4.78, 5) is 33.9. The van der Waals surface area contributed by atoms with Gasteiger partial charge in [-0.15, -0.1) is 11.3 Å². The molecule has 1 saturated heterocycles. The number of imide groups is 1. The molecule has 0 atom stereocenters. The summed E-state index contributed by atoms with van der Waals surface area (Å²) < 4.78 is 1.13. The van der Waals surface area contributed by atoms with Crippen molar-refractivity contribution in [3.8, 4) is 16.3 Å². The fraction of sp³-hybridized carbons (Fsp3) is 0.192. The molecular formula is C26H23N3O3S. The molecule has 1 aliphatic heterocycles. The molecule has 166 valence electrons. The molecule has 33 heavy (non-hydrogen) atoms. The molecule has 1 aliphatic rings. The molecule has 0 bridgehead atoms. The molecule has 5 rings (SSSR count). The minimum atomic E-state index is -1.04. The first kappa shape index (κ1) is 21.2. The van der Waals surface area contributed by atoms with Crippen LogP contribution in [-0.4, -0.2) is 32.5 Å². The largest absolute Gasteiger partial charge is 0.508 e. The summed E-state index contributed by atoms with van der Waals surface area (Å²) >= 11 is 1.62. The second-order valence-electron chi connectivity index (χ2n) is 8.73. The Morgan fingerprint density at radius 3 is 2.45 bits per heavy atom. The highest BCUT2D eigenvalue weighted by molar-refractivity contribution is 7.21. The monoisotopic (exact) mass is 457 g/mol. The highest BCUT2D eigenvalue weighted by atomic mass is 32.1. The number of benzene rings is 3. The van der Waals surface area contributed by atoms with Crippen molar-refractivity contribution in [2.24, 2.45) is 0 Å². The lowest BCUT2D eigenvalue weighted by molar-refractivity contribution is -0.123. The standard InChI is InChI=1S/C26H23N3O3S/c1-16-8-13-20-22(14-16)33-23(27-20)17-9-11-19(12-10-17)29-24(31)26(2,3)28(25(29)32)15-18-6-4-5-7-21(18)30/h4-14,30H,15H2,1-3H3. The Morgan fingerprint density at radius 2 is 1.73 bits per heavy atom. The number of fused-ring (bicyclic) bond motifs is 1. The van der Waals surface area contributed by atoms with Crippen LogP contribution in [0.2, 0.25) is 0 Å². The van der Waals surface area contributed by atoms with Crippen LogP contribution in [0.5, 0.6) is 5.75 Å². The second-order valence-corrected chi connectivity index (χ2v) is 9.76. The first-order valence-corrected chi connectivity index (χ1v) is 11.5. The fourth-order valence-corrected chi connectivity index (χ4v) is 5.12. The molecule has 6 nitrogen and oxygen atoms in total. The van der Waals surface area contributed by atoms with Gasteiger partial charge in [0.2, 0.25) is 0 Å². The number of phenols is 1. The number of carbonyl (C=O) groups is 2. The number of aryl methyl sites for hydroxylation is 1. The molecule has 1 N–H and O–H groups in total. The van der Waals surface area contributed by atoms with Crippen molar-refractivity contribution < 1.29 is 14.7 Å². The summed E-state index contributed by atoms with van der Waals surface area (Å²) in [6, 6.07) is 20.0. The maximum absolute atomic E-state index is 13.3. The van der Waals surface area contributed by atoms with Gasteiger partial charge < -0.3 is 10.0 Å². The number of urea groups is 1. The smallest absolute Gasteiger partial charge is 0.332 e. The average molecular weight is 458 g/mol. The van der Waals surface area contributed by atoms with Crippen LogP contribution in [0.4, 0.5) is 10.5 Å². The van der Waals surface area contributed by atoms with E-state index >= 15 is 0 Å². The van der Waals surface area contributed by atoms with Crippen molar-refractivity contribution in [1.29, 1.82) is 0 Å². The third kappa shape index (κ3) is 3.54. The van der Waals surface area contributed by atoms with Crippen molar-refractivity contribution in [2.45, 2.75) is 32.9 Å². The Labute approximate surface area is 195 Å². The van der Waals surface area contributed by atoms with E-state index in [2.05, 4.69) is 13.0 Å².